The number of aromatic nitrogens is 2. The van der Waals surface area contributed by atoms with E-state index in [-0.39, 0.29) is 5.92 Å². The number of alkyl halides is 3. The molecule has 0 aliphatic heterocycles. The standard InChI is InChI=1S/C13H12F3N3S/c1-8(6-17)7-20-12-18-10-5-9(13(14,15)16)3-4-11(10)19(12)2/h3-5,8H,7H2,1-2H3. The number of fused-ring (bicyclic) bond motifs is 1. The van der Waals surface area contributed by atoms with Crippen molar-refractivity contribution in [3.8, 4) is 6.07 Å². The van der Waals surface area contributed by atoms with E-state index in [4.69, 9.17) is 5.26 Å². The van der Waals surface area contributed by atoms with Crippen LogP contribution >= 0.6 is 11.8 Å². The molecule has 3 nitrogen and oxygen atoms in total. The molecule has 2 aromatic rings. The number of benzene rings is 1. The van der Waals surface area contributed by atoms with Gasteiger partial charge in [0.1, 0.15) is 0 Å². The van der Waals surface area contributed by atoms with Gasteiger partial charge in [-0.05, 0) is 25.1 Å². The van der Waals surface area contributed by atoms with Gasteiger partial charge in [-0.2, -0.15) is 18.4 Å². The van der Waals surface area contributed by atoms with Crippen LogP contribution in [0, 0.1) is 17.2 Å². The van der Waals surface area contributed by atoms with Crippen LogP contribution in [-0.2, 0) is 13.2 Å². The van der Waals surface area contributed by atoms with Gasteiger partial charge in [-0.25, -0.2) is 4.98 Å². The summed E-state index contributed by atoms with van der Waals surface area (Å²) < 4.78 is 39.7. The molecular weight excluding hydrogens is 287 g/mol. The molecule has 1 heterocycles. The van der Waals surface area contributed by atoms with Gasteiger partial charge in [0, 0.05) is 12.8 Å². The number of imidazole rings is 1. The van der Waals surface area contributed by atoms with Crippen molar-refractivity contribution in [2.75, 3.05) is 5.75 Å². The van der Waals surface area contributed by atoms with Crippen LogP contribution in [0.1, 0.15) is 12.5 Å². The fourth-order valence-electron chi connectivity index (χ4n) is 1.72. The molecule has 0 fully saturated rings. The van der Waals surface area contributed by atoms with Crippen molar-refractivity contribution in [3.63, 3.8) is 0 Å². The van der Waals surface area contributed by atoms with Crippen molar-refractivity contribution in [1.82, 2.24) is 9.55 Å². The van der Waals surface area contributed by atoms with Crippen molar-refractivity contribution in [1.29, 1.82) is 5.26 Å². The lowest BCUT2D eigenvalue weighted by atomic mass is 10.2. The molecule has 0 amide bonds. The van der Waals surface area contributed by atoms with Crippen LogP contribution in [0.3, 0.4) is 0 Å². The van der Waals surface area contributed by atoms with Gasteiger partial charge in [-0.1, -0.05) is 11.8 Å². The van der Waals surface area contributed by atoms with E-state index in [0.717, 1.165) is 12.1 Å². The van der Waals surface area contributed by atoms with E-state index in [1.807, 2.05) is 0 Å². The second kappa shape index (κ2) is 5.37. The Labute approximate surface area is 118 Å². The number of hydrogen-bond donors (Lipinski definition) is 0. The molecule has 1 atom stereocenters. The number of thioether (sulfide) groups is 1. The number of rotatable bonds is 3. The molecule has 0 N–H and O–H groups in total. The van der Waals surface area contributed by atoms with Gasteiger partial charge in [-0.15, -0.1) is 0 Å². The van der Waals surface area contributed by atoms with Gasteiger partial charge in [0.25, 0.3) is 0 Å². The zero-order chi connectivity index (χ0) is 14.9. The van der Waals surface area contributed by atoms with Crippen molar-refractivity contribution in [2.45, 2.75) is 18.3 Å². The molecular formula is C13H12F3N3S. The predicted octanol–water partition coefficient (Wildman–Crippen LogP) is 3.84. The lowest BCUT2D eigenvalue weighted by Gasteiger charge is -2.06. The van der Waals surface area contributed by atoms with Crippen LogP contribution in [0.5, 0.6) is 0 Å². The van der Waals surface area contributed by atoms with Gasteiger partial charge in [0.2, 0.25) is 0 Å². The fourth-order valence-corrected chi connectivity index (χ4v) is 2.65. The maximum Gasteiger partial charge on any atom is 0.416 e. The molecule has 0 saturated carbocycles. The van der Waals surface area contributed by atoms with Crippen LogP contribution in [0.2, 0.25) is 0 Å². The molecule has 1 aromatic heterocycles. The molecule has 1 aromatic carbocycles. The number of aryl methyl sites for hydroxylation is 1. The second-order valence-electron chi connectivity index (χ2n) is 4.50. The Morgan fingerprint density at radius 3 is 2.75 bits per heavy atom. The van der Waals surface area contributed by atoms with E-state index in [9.17, 15) is 13.2 Å². The largest absolute Gasteiger partial charge is 0.416 e. The number of hydrogen-bond acceptors (Lipinski definition) is 3. The Hall–Kier alpha value is -1.68. The summed E-state index contributed by atoms with van der Waals surface area (Å²) in [5, 5.41) is 9.34. The van der Waals surface area contributed by atoms with Gasteiger partial charge >= 0.3 is 6.18 Å². The molecule has 7 heteroatoms. The summed E-state index contributed by atoms with van der Waals surface area (Å²) in [5.74, 6) is 0.422. The average molecular weight is 299 g/mol. The van der Waals surface area contributed by atoms with E-state index in [2.05, 4.69) is 11.1 Å². The Morgan fingerprint density at radius 2 is 2.15 bits per heavy atom. The smallest absolute Gasteiger partial charge is 0.322 e. The third-order valence-electron chi connectivity index (χ3n) is 2.85. The minimum Gasteiger partial charge on any atom is -0.322 e. The molecule has 2 rings (SSSR count). The Bertz CT molecular complexity index is 670. The van der Waals surface area contributed by atoms with Gasteiger partial charge in [-0.3, -0.25) is 0 Å². The number of nitriles is 1. The quantitative estimate of drug-likeness (QED) is 0.809. The third-order valence-corrected chi connectivity index (χ3v) is 4.14. The van der Waals surface area contributed by atoms with E-state index in [1.165, 1.54) is 17.8 Å². The summed E-state index contributed by atoms with van der Waals surface area (Å²) in [7, 11) is 1.75. The predicted molar refractivity (Wildman–Crippen MR) is 71.2 cm³/mol. The SMILES string of the molecule is CC(C#N)CSc1nc2cc(C(F)(F)F)ccc2n1C. The first-order valence-corrected chi connectivity index (χ1v) is 6.87. The van der Waals surface area contributed by atoms with Gasteiger partial charge in [0.15, 0.2) is 5.16 Å². The molecule has 0 aliphatic rings. The molecule has 20 heavy (non-hydrogen) atoms. The third kappa shape index (κ3) is 2.90. The van der Waals surface area contributed by atoms with Crippen LogP contribution < -0.4 is 0 Å². The van der Waals surface area contributed by atoms with Crippen molar-refractivity contribution >= 4 is 22.8 Å². The topological polar surface area (TPSA) is 41.6 Å². The summed E-state index contributed by atoms with van der Waals surface area (Å²) in [4.78, 5) is 4.21. The Morgan fingerprint density at radius 1 is 1.45 bits per heavy atom. The summed E-state index contributed by atoms with van der Waals surface area (Å²) in [6.07, 6.45) is -4.37. The van der Waals surface area contributed by atoms with Crippen LogP contribution in [0.25, 0.3) is 11.0 Å². The zero-order valence-corrected chi connectivity index (χ0v) is 11.7. The highest BCUT2D eigenvalue weighted by molar-refractivity contribution is 7.99. The van der Waals surface area contributed by atoms with E-state index in [0.29, 0.717) is 21.9 Å². The highest BCUT2D eigenvalue weighted by Crippen LogP contribution is 2.32. The summed E-state index contributed by atoms with van der Waals surface area (Å²) >= 11 is 1.37. The van der Waals surface area contributed by atoms with Crippen molar-refractivity contribution < 1.29 is 13.2 Å². The molecule has 0 saturated heterocycles. The number of halogens is 3. The first-order valence-electron chi connectivity index (χ1n) is 5.89. The number of nitrogens with zero attached hydrogens (tertiary/aromatic N) is 3. The van der Waals surface area contributed by atoms with Gasteiger partial charge < -0.3 is 4.57 Å². The van der Waals surface area contributed by atoms with Crippen LogP contribution in [0.4, 0.5) is 13.2 Å². The molecule has 106 valence electrons. The van der Waals surface area contributed by atoms with Crippen LogP contribution in [-0.4, -0.2) is 15.3 Å². The molecule has 1 unspecified atom stereocenters. The van der Waals surface area contributed by atoms with Crippen LogP contribution in [0.15, 0.2) is 23.4 Å². The first kappa shape index (κ1) is 14.7. The zero-order valence-electron chi connectivity index (χ0n) is 10.9. The monoisotopic (exact) mass is 299 g/mol. The van der Waals surface area contributed by atoms with E-state index in [1.54, 1.807) is 18.5 Å². The first-order chi connectivity index (χ1) is 9.32. The van der Waals surface area contributed by atoms with Gasteiger partial charge in [0.05, 0.1) is 28.6 Å². The summed E-state index contributed by atoms with van der Waals surface area (Å²) in [5.41, 5.74) is 0.254. The highest BCUT2D eigenvalue weighted by Gasteiger charge is 2.31. The molecule has 0 radical (unpaired) electrons. The maximum absolute atomic E-state index is 12.6. The molecule has 0 bridgehead atoms. The summed E-state index contributed by atoms with van der Waals surface area (Å²) in [6.45, 7) is 1.79. The lowest BCUT2D eigenvalue weighted by molar-refractivity contribution is -0.137. The van der Waals surface area contributed by atoms with Crippen molar-refractivity contribution in [2.24, 2.45) is 13.0 Å². The lowest BCUT2D eigenvalue weighted by Crippen LogP contribution is -2.04. The van der Waals surface area contributed by atoms with Crippen molar-refractivity contribution in [3.05, 3.63) is 23.8 Å². The second-order valence-corrected chi connectivity index (χ2v) is 5.48. The fraction of sp³-hybridized carbons (Fsp3) is 0.385. The molecule has 0 spiro atoms. The van der Waals surface area contributed by atoms with E-state index < -0.39 is 11.7 Å². The molecule has 0 aliphatic carbocycles. The Balaban J connectivity index is 2.35. The minimum atomic E-state index is -4.37. The normalized spacial score (nSPS) is 13.4. The summed E-state index contributed by atoms with van der Waals surface area (Å²) in [6, 6.07) is 5.63. The minimum absolute atomic E-state index is 0.134. The average Bonchev–Trinajstić information content (AvgIpc) is 2.71. The van der Waals surface area contributed by atoms with E-state index >= 15 is 0 Å². The highest BCUT2D eigenvalue weighted by atomic mass is 32.2. The Kier molecular flexibility index (Phi) is 3.95. The maximum atomic E-state index is 12.6.